The Hall–Kier alpha value is -3.79. The van der Waals surface area contributed by atoms with Crippen LogP contribution in [0.3, 0.4) is 0 Å². The van der Waals surface area contributed by atoms with E-state index in [0.29, 0.717) is 18.1 Å². The van der Waals surface area contributed by atoms with E-state index in [1.54, 1.807) is 7.05 Å². The zero-order valence-corrected chi connectivity index (χ0v) is 19.8. The van der Waals surface area contributed by atoms with Gasteiger partial charge in [-0.1, -0.05) is 48.5 Å². The number of benzene rings is 2. The van der Waals surface area contributed by atoms with Gasteiger partial charge in [-0.2, -0.15) is 16.9 Å². The number of nitrogens with zero attached hydrogens (tertiary/aromatic N) is 3. The van der Waals surface area contributed by atoms with Crippen molar-refractivity contribution in [3.63, 3.8) is 0 Å². The Labute approximate surface area is 206 Å². The maximum atomic E-state index is 13.2. The third-order valence-corrected chi connectivity index (χ3v) is 7.31. The molecule has 1 unspecified atom stereocenters. The van der Waals surface area contributed by atoms with E-state index in [4.69, 9.17) is 4.74 Å². The first kappa shape index (κ1) is 23.0. The van der Waals surface area contributed by atoms with Crippen LogP contribution >= 0.6 is 11.8 Å². The number of aliphatic carboxylic acids is 1. The van der Waals surface area contributed by atoms with Gasteiger partial charge in [-0.25, -0.2) is 9.59 Å². The Morgan fingerprint density at radius 1 is 1.11 bits per heavy atom. The molecule has 1 aliphatic heterocycles. The second kappa shape index (κ2) is 9.46. The van der Waals surface area contributed by atoms with Gasteiger partial charge in [0, 0.05) is 37.2 Å². The van der Waals surface area contributed by atoms with Crippen molar-refractivity contribution in [1.29, 1.82) is 0 Å². The zero-order chi connectivity index (χ0) is 24.5. The number of thioether (sulfide) groups is 1. The lowest BCUT2D eigenvalue weighted by Gasteiger charge is -2.32. The van der Waals surface area contributed by atoms with E-state index in [9.17, 15) is 19.5 Å². The molecule has 0 spiro atoms. The van der Waals surface area contributed by atoms with E-state index in [1.807, 2.05) is 36.4 Å². The molecule has 2 heterocycles. The molecule has 2 aliphatic rings. The number of carbonyl (C=O) groups is 3. The summed E-state index contributed by atoms with van der Waals surface area (Å²) in [4.78, 5) is 38.8. The lowest BCUT2D eigenvalue weighted by atomic mass is 9.98. The largest absolute Gasteiger partial charge is 0.480 e. The number of amides is 2. The number of fused-ring (bicyclic) bond motifs is 3. The lowest BCUT2D eigenvalue weighted by Crippen LogP contribution is -2.50. The second-order valence-electron chi connectivity index (χ2n) is 8.44. The number of hydrogen-bond donors (Lipinski definition) is 2. The highest BCUT2D eigenvalue weighted by molar-refractivity contribution is 7.99. The van der Waals surface area contributed by atoms with Crippen molar-refractivity contribution in [2.24, 2.45) is 7.05 Å². The van der Waals surface area contributed by atoms with E-state index in [1.165, 1.54) is 27.5 Å². The molecule has 3 aromatic rings. The molecule has 5 rings (SSSR count). The molecular weight excluding hydrogens is 468 g/mol. The summed E-state index contributed by atoms with van der Waals surface area (Å²) in [5, 5.41) is 16.3. The van der Waals surface area contributed by atoms with E-state index < -0.39 is 24.0 Å². The molecule has 0 saturated carbocycles. The number of anilines is 1. The van der Waals surface area contributed by atoms with Gasteiger partial charge in [0.05, 0.1) is 5.69 Å². The Balaban J connectivity index is 1.30. The SMILES string of the molecule is Cn1cc(NC(=O)OCC2c3ccccc3-c3ccccc32)c(C(=O)N2CCSCC2C(=O)O)n1. The zero-order valence-electron chi connectivity index (χ0n) is 19.0. The first-order valence-electron chi connectivity index (χ1n) is 11.2. The standard InChI is InChI=1S/C25H24N4O5S/c1-28-12-20(22(27-28)23(30)29-10-11-35-14-21(29)24(31)32)26-25(33)34-13-19-17-8-4-2-6-15(17)16-7-3-5-9-18(16)19/h2-9,12,19,21H,10-11,13-14H2,1H3,(H,26,33)(H,31,32). The summed E-state index contributed by atoms with van der Waals surface area (Å²) in [6, 6.07) is 15.2. The van der Waals surface area contributed by atoms with Gasteiger partial charge in [-0.15, -0.1) is 0 Å². The average molecular weight is 493 g/mol. The van der Waals surface area contributed by atoms with Crippen molar-refractivity contribution in [1.82, 2.24) is 14.7 Å². The predicted molar refractivity (Wildman–Crippen MR) is 132 cm³/mol. The molecule has 2 amide bonds. The van der Waals surface area contributed by atoms with Gasteiger partial charge in [-0.3, -0.25) is 14.8 Å². The number of hydrogen-bond acceptors (Lipinski definition) is 6. The fourth-order valence-corrected chi connectivity index (χ4v) is 5.71. The number of ether oxygens (including phenoxy) is 1. The van der Waals surface area contributed by atoms with Crippen LogP contribution in [-0.4, -0.2) is 68.5 Å². The summed E-state index contributed by atoms with van der Waals surface area (Å²) in [7, 11) is 1.63. The average Bonchev–Trinajstić information content (AvgIpc) is 3.39. The molecular formula is C25H24N4O5S. The van der Waals surface area contributed by atoms with Gasteiger partial charge < -0.3 is 14.7 Å². The molecule has 1 aromatic heterocycles. The Kier molecular flexibility index (Phi) is 6.21. The minimum Gasteiger partial charge on any atom is -0.480 e. The molecule has 0 radical (unpaired) electrons. The van der Waals surface area contributed by atoms with Crippen molar-refractivity contribution < 1.29 is 24.2 Å². The summed E-state index contributed by atoms with van der Waals surface area (Å²) in [6.07, 6.45) is 0.793. The normalized spacial score (nSPS) is 16.9. The number of aromatic nitrogens is 2. The van der Waals surface area contributed by atoms with Crippen LogP contribution in [0.2, 0.25) is 0 Å². The van der Waals surface area contributed by atoms with Gasteiger partial charge in [-0.05, 0) is 22.3 Å². The molecule has 1 saturated heterocycles. The van der Waals surface area contributed by atoms with E-state index >= 15 is 0 Å². The van der Waals surface area contributed by atoms with Crippen LogP contribution in [0.25, 0.3) is 11.1 Å². The van der Waals surface area contributed by atoms with Crippen LogP contribution in [0.15, 0.2) is 54.7 Å². The van der Waals surface area contributed by atoms with Crippen LogP contribution in [0, 0.1) is 0 Å². The summed E-state index contributed by atoms with van der Waals surface area (Å²) in [6.45, 7) is 0.426. The monoisotopic (exact) mass is 492 g/mol. The highest BCUT2D eigenvalue weighted by Crippen LogP contribution is 2.44. The van der Waals surface area contributed by atoms with Gasteiger partial charge >= 0.3 is 12.1 Å². The van der Waals surface area contributed by atoms with Gasteiger partial charge in [0.15, 0.2) is 5.69 Å². The topological polar surface area (TPSA) is 114 Å². The fraction of sp³-hybridized carbons (Fsp3) is 0.280. The van der Waals surface area contributed by atoms with Crippen LogP contribution in [-0.2, 0) is 16.6 Å². The Bertz CT molecular complexity index is 1260. The van der Waals surface area contributed by atoms with Crippen molar-refractivity contribution in [3.8, 4) is 11.1 Å². The summed E-state index contributed by atoms with van der Waals surface area (Å²) < 4.78 is 6.99. The van der Waals surface area contributed by atoms with Gasteiger partial charge in [0.1, 0.15) is 12.6 Å². The quantitative estimate of drug-likeness (QED) is 0.561. The summed E-state index contributed by atoms with van der Waals surface area (Å²) in [5.41, 5.74) is 4.62. The lowest BCUT2D eigenvalue weighted by molar-refractivity contribution is -0.141. The first-order valence-corrected chi connectivity index (χ1v) is 12.4. The molecule has 2 N–H and O–H groups in total. The Morgan fingerprint density at radius 3 is 2.43 bits per heavy atom. The summed E-state index contributed by atoms with van der Waals surface area (Å²) >= 11 is 1.49. The van der Waals surface area contributed by atoms with Crippen LogP contribution in [0.1, 0.15) is 27.5 Å². The number of carboxylic acids is 1. The van der Waals surface area contributed by atoms with Gasteiger partial charge in [0.2, 0.25) is 0 Å². The molecule has 1 atom stereocenters. The maximum Gasteiger partial charge on any atom is 0.411 e. The number of carboxylic acid groups (broad SMARTS) is 1. The third kappa shape index (κ3) is 4.37. The van der Waals surface area contributed by atoms with Crippen molar-refractivity contribution >= 4 is 35.4 Å². The van der Waals surface area contributed by atoms with Gasteiger partial charge in [0.25, 0.3) is 5.91 Å². The van der Waals surface area contributed by atoms with Crippen LogP contribution in [0.4, 0.5) is 10.5 Å². The number of nitrogens with one attached hydrogen (secondary N) is 1. The molecule has 180 valence electrons. The van der Waals surface area contributed by atoms with Crippen molar-refractivity contribution in [2.75, 3.05) is 30.0 Å². The third-order valence-electron chi connectivity index (χ3n) is 6.29. The highest BCUT2D eigenvalue weighted by atomic mass is 32.2. The minimum atomic E-state index is -1.06. The van der Waals surface area contributed by atoms with Crippen LogP contribution < -0.4 is 5.32 Å². The summed E-state index contributed by atoms with van der Waals surface area (Å²) in [5.74, 6) is -0.745. The van der Waals surface area contributed by atoms with E-state index in [-0.39, 0.29) is 23.9 Å². The number of rotatable bonds is 5. The molecule has 35 heavy (non-hydrogen) atoms. The number of aryl methyl sites for hydroxylation is 1. The molecule has 9 nitrogen and oxygen atoms in total. The maximum absolute atomic E-state index is 13.2. The Morgan fingerprint density at radius 2 is 1.77 bits per heavy atom. The van der Waals surface area contributed by atoms with E-state index in [0.717, 1.165) is 22.3 Å². The molecule has 1 fully saturated rings. The molecule has 2 aromatic carbocycles. The second-order valence-corrected chi connectivity index (χ2v) is 9.59. The van der Waals surface area contributed by atoms with Crippen LogP contribution in [0.5, 0.6) is 0 Å². The predicted octanol–water partition coefficient (Wildman–Crippen LogP) is 3.42. The molecule has 0 bridgehead atoms. The fourth-order valence-electron chi connectivity index (χ4n) is 4.67. The van der Waals surface area contributed by atoms with Crippen molar-refractivity contribution in [2.45, 2.75) is 12.0 Å². The van der Waals surface area contributed by atoms with Crippen molar-refractivity contribution in [3.05, 3.63) is 71.5 Å². The smallest absolute Gasteiger partial charge is 0.411 e. The number of carbonyl (C=O) groups excluding carboxylic acids is 2. The minimum absolute atomic E-state index is 0.0147. The molecule has 10 heteroatoms. The first-order chi connectivity index (χ1) is 16.9. The highest BCUT2D eigenvalue weighted by Gasteiger charge is 2.35. The molecule has 1 aliphatic carbocycles. The van der Waals surface area contributed by atoms with E-state index in [2.05, 4.69) is 22.5 Å².